The van der Waals surface area contributed by atoms with Crippen LogP contribution in [0.2, 0.25) is 0 Å². The highest BCUT2D eigenvalue weighted by molar-refractivity contribution is 6.15. The number of rotatable bonds is 1. The summed E-state index contributed by atoms with van der Waals surface area (Å²) >= 11 is 0. The van der Waals surface area contributed by atoms with E-state index in [4.69, 9.17) is 4.74 Å². The summed E-state index contributed by atoms with van der Waals surface area (Å²) in [6.45, 7) is 8.71. The SMILES string of the molecule is Cc1ccc(C2=CC3(Oc4ccc(C(C)(C)C)cc42)C(=O)Nc2c3ccc3ccccc23)cc1. The van der Waals surface area contributed by atoms with Crippen molar-refractivity contribution in [2.75, 3.05) is 5.32 Å². The van der Waals surface area contributed by atoms with Crippen LogP contribution < -0.4 is 10.1 Å². The molecule has 1 atom stereocenters. The molecular weight excluding hydrogens is 418 g/mol. The molecule has 1 unspecified atom stereocenters. The Kier molecular flexibility index (Phi) is 4.31. The minimum Gasteiger partial charge on any atom is -0.468 e. The Balaban J connectivity index is 1.62. The third kappa shape index (κ3) is 3.00. The third-order valence-corrected chi connectivity index (χ3v) is 7.02. The van der Waals surface area contributed by atoms with E-state index >= 15 is 0 Å². The Morgan fingerprint density at radius 3 is 2.41 bits per heavy atom. The summed E-state index contributed by atoms with van der Waals surface area (Å²) in [6, 6.07) is 27.0. The van der Waals surface area contributed by atoms with E-state index in [0.29, 0.717) is 0 Å². The van der Waals surface area contributed by atoms with Gasteiger partial charge in [-0.05, 0) is 52.6 Å². The summed E-state index contributed by atoms with van der Waals surface area (Å²) in [5, 5.41) is 5.25. The van der Waals surface area contributed by atoms with Crippen molar-refractivity contribution in [1.29, 1.82) is 0 Å². The molecule has 2 aliphatic heterocycles. The molecule has 0 radical (unpaired) electrons. The Hall–Kier alpha value is -3.85. The maximum Gasteiger partial charge on any atom is 0.277 e. The molecule has 1 spiro atoms. The van der Waals surface area contributed by atoms with Gasteiger partial charge in [0.2, 0.25) is 5.60 Å². The number of carbonyl (C=O) groups is 1. The van der Waals surface area contributed by atoms with Crippen LogP contribution >= 0.6 is 0 Å². The van der Waals surface area contributed by atoms with Gasteiger partial charge in [-0.3, -0.25) is 4.79 Å². The lowest BCUT2D eigenvalue weighted by molar-refractivity contribution is -0.127. The number of anilines is 1. The van der Waals surface area contributed by atoms with Crippen LogP contribution in [0, 0.1) is 6.92 Å². The van der Waals surface area contributed by atoms with E-state index in [1.54, 1.807) is 0 Å². The van der Waals surface area contributed by atoms with Gasteiger partial charge in [0, 0.05) is 16.5 Å². The molecule has 3 nitrogen and oxygen atoms in total. The molecule has 0 bridgehead atoms. The zero-order chi connectivity index (χ0) is 23.7. The highest BCUT2D eigenvalue weighted by Crippen LogP contribution is 2.50. The fraction of sp³-hybridized carbons (Fsp3) is 0.194. The lowest BCUT2D eigenvalue weighted by Crippen LogP contribution is -2.40. The predicted molar refractivity (Wildman–Crippen MR) is 138 cm³/mol. The van der Waals surface area contributed by atoms with Gasteiger partial charge in [0.25, 0.3) is 5.91 Å². The van der Waals surface area contributed by atoms with Crippen molar-refractivity contribution in [3.8, 4) is 5.75 Å². The number of ether oxygens (including phenoxy) is 1. The second kappa shape index (κ2) is 7.07. The molecule has 3 heteroatoms. The zero-order valence-electron chi connectivity index (χ0n) is 19.9. The highest BCUT2D eigenvalue weighted by atomic mass is 16.5. The molecule has 4 aromatic rings. The van der Waals surface area contributed by atoms with Crippen LogP contribution in [0.5, 0.6) is 5.75 Å². The van der Waals surface area contributed by atoms with E-state index in [1.807, 2.05) is 36.4 Å². The van der Waals surface area contributed by atoms with Gasteiger partial charge >= 0.3 is 0 Å². The second-order valence-electron chi connectivity index (χ2n) is 10.4. The number of nitrogens with one attached hydrogen (secondary N) is 1. The van der Waals surface area contributed by atoms with Crippen molar-refractivity contribution in [2.24, 2.45) is 0 Å². The number of carbonyl (C=O) groups excluding carboxylic acids is 1. The van der Waals surface area contributed by atoms with Gasteiger partial charge in [-0.25, -0.2) is 0 Å². The van der Waals surface area contributed by atoms with E-state index in [2.05, 4.69) is 81.5 Å². The van der Waals surface area contributed by atoms with E-state index in [-0.39, 0.29) is 11.3 Å². The molecule has 0 aromatic heterocycles. The van der Waals surface area contributed by atoms with Crippen LogP contribution in [-0.2, 0) is 15.8 Å². The average Bonchev–Trinajstić information content (AvgIpc) is 3.09. The van der Waals surface area contributed by atoms with Crippen LogP contribution in [0.4, 0.5) is 5.69 Å². The number of aryl methyl sites for hydroxylation is 1. The quantitative estimate of drug-likeness (QED) is 0.339. The smallest absolute Gasteiger partial charge is 0.277 e. The number of hydrogen-bond donors (Lipinski definition) is 1. The van der Waals surface area contributed by atoms with E-state index in [0.717, 1.165) is 44.5 Å². The lowest BCUT2D eigenvalue weighted by atomic mass is 9.81. The highest BCUT2D eigenvalue weighted by Gasteiger charge is 2.51. The Morgan fingerprint density at radius 2 is 1.65 bits per heavy atom. The largest absolute Gasteiger partial charge is 0.468 e. The van der Waals surface area contributed by atoms with Crippen molar-refractivity contribution in [3.63, 3.8) is 0 Å². The maximum absolute atomic E-state index is 13.6. The molecule has 0 aliphatic carbocycles. The van der Waals surface area contributed by atoms with Crippen LogP contribution in [0.25, 0.3) is 16.3 Å². The fourth-order valence-electron chi connectivity index (χ4n) is 5.04. The van der Waals surface area contributed by atoms with Gasteiger partial charge in [0.15, 0.2) is 0 Å². The molecule has 1 amide bonds. The Morgan fingerprint density at radius 1 is 0.882 bits per heavy atom. The predicted octanol–water partition coefficient (Wildman–Crippen LogP) is 7.12. The minimum atomic E-state index is -1.21. The molecule has 34 heavy (non-hydrogen) atoms. The first kappa shape index (κ1) is 20.7. The van der Waals surface area contributed by atoms with Gasteiger partial charge < -0.3 is 10.1 Å². The summed E-state index contributed by atoms with van der Waals surface area (Å²) in [5.74, 6) is 0.566. The zero-order valence-corrected chi connectivity index (χ0v) is 19.9. The van der Waals surface area contributed by atoms with Crippen molar-refractivity contribution in [1.82, 2.24) is 0 Å². The maximum atomic E-state index is 13.6. The Bertz CT molecular complexity index is 1510. The number of fused-ring (bicyclic) bond motifs is 5. The van der Waals surface area contributed by atoms with Crippen molar-refractivity contribution < 1.29 is 9.53 Å². The molecule has 6 rings (SSSR count). The topological polar surface area (TPSA) is 38.3 Å². The van der Waals surface area contributed by atoms with Crippen LogP contribution in [0.3, 0.4) is 0 Å². The van der Waals surface area contributed by atoms with Crippen LogP contribution in [0.1, 0.15) is 48.6 Å². The number of amides is 1. The molecular formula is C31H27NO2. The van der Waals surface area contributed by atoms with Crippen molar-refractivity contribution in [3.05, 3.63) is 113 Å². The molecule has 0 saturated heterocycles. The standard InChI is InChI=1S/C31H27NO2/c1-19-9-11-21(12-10-19)25-18-31(34-27-16-14-22(17-24(25)27)30(2,3)4)26-15-13-20-7-5-6-8-23(20)28(26)32-29(31)33/h5-18H,1-4H3,(H,32,33). The first-order chi connectivity index (χ1) is 16.3. The summed E-state index contributed by atoms with van der Waals surface area (Å²) in [5.41, 5.74) is 6.00. The molecule has 4 aromatic carbocycles. The summed E-state index contributed by atoms with van der Waals surface area (Å²) in [7, 11) is 0. The van der Waals surface area contributed by atoms with Crippen LogP contribution in [-0.4, -0.2) is 5.91 Å². The first-order valence-electron chi connectivity index (χ1n) is 11.7. The number of benzene rings is 4. The first-order valence-corrected chi connectivity index (χ1v) is 11.7. The van der Waals surface area contributed by atoms with Crippen molar-refractivity contribution in [2.45, 2.75) is 38.7 Å². The Labute approximate surface area is 200 Å². The normalized spacial score (nSPS) is 18.8. The number of hydrogen-bond acceptors (Lipinski definition) is 2. The molecule has 2 heterocycles. The van der Waals surface area contributed by atoms with Gasteiger partial charge in [0.1, 0.15) is 5.75 Å². The molecule has 1 N–H and O–H groups in total. The molecule has 0 fully saturated rings. The molecule has 2 aliphatic rings. The van der Waals surface area contributed by atoms with Gasteiger partial charge in [-0.2, -0.15) is 0 Å². The monoisotopic (exact) mass is 445 g/mol. The lowest BCUT2D eigenvalue weighted by Gasteiger charge is -2.34. The van der Waals surface area contributed by atoms with Crippen LogP contribution in [0.15, 0.2) is 84.9 Å². The fourth-order valence-corrected chi connectivity index (χ4v) is 5.04. The van der Waals surface area contributed by atoms with E-state index < -0.39 is 5.60 Å². The van der Waals surface area contributed by atoms with Crippen molar-refractivity contribution >= 4 is 27.9 Å². The van der Waals surface area contributed by atoms with E-state index in [1.165, 1.54) is 11.1 Å². The summed E-state index contributed by atoms with van der Waals surface area (Å²) in [6.07, 6.45) is 2.02. The average molecular weight is 446 g/mol. The van der Waals surface area contributed by atoms with Gasteiger partial charge in [-0.15, -0.1) is 0 Å². The van der Waals surface area contributed by atoms with Gasteiger partial charge in [-0.1, -0.05) is 93.1 Å². The minimum absolute atomic E-state index is 0.00119. The third-order valence-electron chi connectivity index (χ3n) is 7.02. The van der Waals surface area contributed by atoms with Gasteiger partial charge in [0.05, 0.1) is 5.69 Å². The summed E-state index contributed by atoms with van der Waals surface area (Å²) in [4.78, 5) is 13.6. The molecule has 168 valence electrons. The van der Waals surface area contributed by atoms with E-state index in [9.17, 15) is 4.79 Å². The second-order valence-corrected chi connectivity index (χ2v) is 10.4. The summed E-state index contributed by atoms with van der Waals surface area (Å²) < 4.78 is 6.62. The molecule has 0 saturated carbocycles.